The molecule has 0 saturated carbocycles. The molecule has 3 rings (SSSR count). The number of pyridine rings is 1. The maximum absolute atomic E-state index is 11.8. The number of nitrogens with one attached hydrogen (secondary N) is 1. The molecule has 3 heterocycles. The predicted octanol–water partition coefficient (Wildman–Crippen LogP) is 3.35. The highest BCUT2D eigenvalue weighted by molar-refractivity contribution is 9.11. The zero-order valence-electron chi connectivity index (χ0n) is 12.6. The van der Waals surface area contributed by atoms with Crippen LogP contribution in [0.4, 0.5) is 4.79 Å². The second kappa shape index (κ2) is 6.92. The lowest BCUT2D eigenvalue weighted by Crippen LogP contribution is -2.42. The molecule has 1 aliphatic rings. The maximum atomic E-state index is 11.8. The highest BCUT2D eigenvalue weighted by Crippen LogP contribution is 2.34. The number of rotatable bonds is 3. The van der Waals surface area contributed by atoms with Gasteiger partial charge in [0.05, 0.1) is 15.8 Å². The monoisotopic (exact) mass is 400 g/mol. The number of aromatic amines is 1. The molecule has 0 radical (unpaired) electrons. The van der Waals surface area contributed by atoms with E-state index in [2.05, 4.69) is 20.9 Å². The molecule has 1 saturated heterocycles. The van der Waals surface area contributed by atoms with E-state index < -0.39 is 0 Å². The molecule has 23 heavy (non-hydrogen) atoms. The van der Waals surface area contributed by atoms with Gasteiger partial charge < -0.3 is 19.4 Å². The van der Waals surface area contributed by atoms with E-state index in [1.807, 2.05) is 6.07 Å². The van der Waals surface area contributed by atoms with Crippen LogP contribution in [0.25, 0.3) is 10.2 Å². The number of ether oxygens (including phenoxy) is 2. The third kappa shape index (κ3) is 3.69. The minimum Gasteiger partial charge on any atom is -0.489 e. The van der Waals surface area contributed by atoms with E-state index in [9.17, 15) is 9.59 Å². The van der Waals surface area contributed by atoms with Crippen molar-refractivity contribution in [2.45, 2.75) is 25.9 Å². The van der Waals surface area contributed by atoms with Crippen LogP contribution < -0.4 is 10.3 Å². The summed E-state index contributed by atoms with van der Waals surface area (Å²) in [7, 11) is 0. The first-order valence-electron chi connectivity index (χ1n) is 7.47. The Labute approximate surface area is 145 Å². The van der Waals surface area contributed by atoms with Crippen molar-refractivity contribution in [3.8, 4) is 5.75 Å². The van der Waals surface area contributed by atoms with Crippen molar-refractivity contribution < 1.29 is 14.3 Å². The van der Waals surface area contributed by atoms with Crippen LogP contribution in [0, 0.1) is 0 Å². The number of hydrogen-bond acceptors (Lipinski definition) is 5. The number of nitrogens with zero attached hydrogens (tertiary/aromatic N) is 1. The average molecular weight is 401 g/mol. The Morgan fingerprint density at radius 1 is 1.43 bits per heavy atom. The van der Waals surface area contributed by atoms with Crippen molar-refractivity contribution in [2.24, 2.45) is 0 Å². The van der Waals surface area contributed by atoms with Gasteiger partial charge in [-0.1, -0.05) is 0 Å². The zero-order chi connectivity index (χ0) is 16.4. The summed E-state index contributed by atoms with van der Waals surface area (Å²) in [6.45, 7) is 3.38. The van der Waals surface area contributed by atoms with Gasteiger partial charge in [0, 0.05) is 32.0 Å². The third-order valence-corrected chi connectivity index (χ3v) is 5.28. The summed E-state index contributed by atoms with van der Waals surface area (Å²) in [5.74, 6) is 0.597. The number of amides is 1. The van der Waals surface area contributed by atoms with Gasteiger partial charge in [0.1, 0.15) is 16.7 Å². The van der Waals surface area contributed by atoms with Crippen LogP contribution in [0.5, 0.6) is 5.75 Å². The lowest BCUT2D eigenvalue weighted by Gasteiger charge is -2.31. The molecule has 124 valence electrons. The van der Waals surface area contributed by atoms with Crippen LogP contribution in [0.2, 0.25) is 0 Å². The molecule has 1 aliphatic heterocycles. The van der Waals surface area contributed by atoms with Gasteiger partial charge in [0.25, 0.3) is 5.56 Å². The Morgan fingerprint density at radius 3 is 2.87 bits per heavy atom. The Bertz CT molecular complexity index is 764. The average Bonchev–Trinajstić information content (AvgIpc) is 2.88. The van der Waals surface area contributed by atoms with E-state index in [-0.39, 0.29) is 17.8 Å². The lowest BCUT2D eigenvalue weighted by atomic mass is 10.1. The summed E-state index contributed by atoms with van der Waals surface area (Å²) >= 11 is 4.89. The van der Waals surface area contributed by atoms with Gasteiger partial charge in [-0.3, -0.25) is 4.79 Å². The van der Waals surface area contributed by atoms with Crippen molar-refractivity contribution in [1.29, 1.82) is 0 Å². The van der Waals surface area contributed by atoms with E-state index in [0.717, 1.165) is 26.8 Å². The normalized spacial score (nSPS) is 15.8. The number of H-pyrrole nitrogens is 1. The maximum Gasteiger partial charge on any atom is 0.409 e. The summed E-state index contributed by atoms with van der Waals surface area (Å²) in [6.07, 6.45) is 1.16. The van der Waals surface area contributed by atoms with Crippen LogP contribution in [0.1, 0.15) is 19.8 Å². The topological polar surface area (TPSA) is 71.6 Å². The van der Waals surface area contributed by atoms with Crippen LogP contribution in [-0.2, 0) is 4.74 Å². The van der Waals surface area contributed by atoms with Gasteiger partial charge in [-0.25, -0.2) is 4.79 Å². The summed E-state index contributed by atoms with van der Waals surface area (Å²) in [5.41, 5.74) is -0.175. The van der Waals surface area contributed by atoms with E-state index in [1.54, 1.807) is 11.8 Å². The number of likely N-dealkylation sites (tertiary alicyclic amines) is 1. The lowest BCUT2D eigenvalue weighted by molar-refractivity contribution is 0.0708. The molecule has 0 aliphatic carbocycles. The van der Waals surface area contributed by atoms with Crippen molar-refractivity contribution in [2.75, 3.05) is 19.7 Å². The number of aromatic nitrogens is 1. The van der Waals surface area contributed by atoms with Crippen LogP contribution in [0.15, 0.2) is 20.7 Å². The van der Waals surface area contributed by atoms with Crippen LogP contribution >= 0.6 is 27.3 Å². The molecule has 2 aromatic heterocycles. The smallest absolute Gasteiger partial charge is 0.409 e. The quantitative estimate of drug-likeness (QED) is 0.857. The zero-order valence-corrected chi connectivity index (χ0v) is 15.0. The molecular formula is C15H17BrN2O4S. The van der Waals surface area contributed by atoms with Gasteiger partial charge in [0.15, 0.2) is 0 Å². The fourth-order valence-corrected chi connectivity index (χ4v) is 4.14. The molecule has 8 heteroatoms. The highest BCUT2D eigenvalue weighted by Gasteiger charge is 2.25. The molecule has 1 N–H and O–H groups in total. The van der Waals surface area contributed by atoms with Crippen LogP contribution in [-0.4, -0.2) is 41.8 Å². The molecule has 6 nitrogen and oxygen atoms in total. The van der Waals surface area contributed by atoms with Gasteiger partial charge in [0.2, 0.25) is 0 Å². The Balaban J connectivity index is 1.69. The number of carbonyl (C=O) groups is 1. The van der Waals surface area contributed by atoms with E-state index in [4.69, 9.17) is 9.47 Å². The van der Waals surface area contributed by atoms with Gasteiger partial charge in [-0.15, -0.1) is 11.3 Å². The first kappa shape index (κ1) is 16.3. The van der Waals surface area contributed by atoms with E-state index >= 15 is 0 Å². The van der Waals surface area contributed by atoms with Gasteiger partial charge in [-0.2, -0.15) is 0 Å². The summed E-state index contributed by atoms with van der Waals surface area (Å²) in [6, 6.07) is 3.43. The fraction of sp³-hybridized carbons (Fsp3) is 0.467. The minimum atomic E-state index is -0.272. The molecule has 2 aromatic rings. The number of carbonyl (C=O) groups excluding carboxylic acids is 1. The molecule has 1 fully saturated rings. The fourth-order valence-electron chi connectivity index (χ4n) is 2.63. The van der Waals surface area contributed by atoms with Gasteiger partial charge in [-0.05, 0) is 28.9 Å². The number of thiophene rings is 1. The second-order valence-electron chi connectivity index (χ2n) is 5.29. The van der Waals surface area contributed by atoms with E-state index in [0.29, 0.717) is 25.4 Å². The molecule has 0 aromatic carbocycles. The van der Waals surface area contributed by atoms with Crippen molar-refractivity contribution in [3.63, 3.8) is 0 Å². The molecule has 0 spiro atoms. The largest absolute Gasteiger partial charge is 0.489 e. The Kier molecular flexibility index (Phi) is 4.91. The summed E-state index contributed by atoms with van der Waals surface area (Å²) < 4.78 is 12.0. The Hall–Kier alpha value is -1.54. The number of fused-ring (bicyclic) bond motifs is 1. The summed E-state index contributed by atoms with van der Waals surface area (Å²) in [5, 5.41) is 0.897. The van der Waals surface area contributed by atoms with Crippen molar-refractivity contribution in [1.82, 2.24) is 9.88 Å². The standard InChI is InChI=1S/C15H17BrN2O4S/c1-2-21-15(20)18-5-3-9(4-6-18)22-11-8-13(19)17-14-10(11)7-12(16)23-14/h7-9H,2-6H2,1H3,(H,17,19). The number of piperidine rings is 1. The van der Waals surface area contributed by atoms with Crippen molar-refractivity contribution in [3.05, 3.63) is 26.3 Å². The first-order chi connectivity index (χ1) is 11.1. The molecule has 0 unspecified atom stereocenters. The molecule has 1 amide bonds. The molecule has 0 atom stereocenters. The second-order valence-corrected chi connectivity index (χ2v) is 7.73. The Morgan fingerprint density at radius 2 is 2.17 bits per heavy atom. The van der Waals surface area contributed by atoms with Gasteiger partial charge >= 0.3 is 6.09 Å². The first-order valence-corrected chi connectivity index (χ1v) is 9.08. The minimum absolute atomic E-state index is 0.00986. The third-order valence-electron chi connectivity index (χ3n) is 3.73. The van der Waals surface area contributed by atoms with Crippen molar-refractivity contribution >= 4 is 43.6 Å². The number of hydrogen-bond donors (Lipinski definition) is 1. The van der Waals surface area contributed by atoms with Crippen LogP contribution in [0.3, 0.4) is 0 Å². The highest BCUT2D eigenvalue weighted by atomic mass is 79.9. The number of halogens is 1. The molecule has 0 bridgehead atoms. The predicted molar refractivity (Wildman–Crippen MR) is 92.4 cm³/mol. The molecular weight excluding hydrogens is 384 g/mol. The SMILES string of the molecule is CCOC(=O)N1CCC(Oc2cc(=O)[nH]c3sc(Br)cc23)CC1. The van der Waals surface area contributed by atoms with E-state index in [1.165, 1.54) is 17.4 Å². The summed E-state index contributed by atoms with van der Waals surface area (Å²) in [4.78, 5) is 28.7.